The van der Waals surface area contributed by atoms with E-state index in [1.54, 1.807) is 45.2 Å². The molecular weight excluding hydrogens is 358 g/mol. The molecule has 0 saturated heterocycles. The molecule has 0 spiro atoms. The van der Waals surface area contributed by atoms with Gasteiger partial charge >= 0.3 is 5.97 Å². The molecule has 0 aliphatic heterocycles. The van der Waals surface area contributed by atoms with Crippen LogP contribution in [-0.2, 0) is 16.2 Å². The molecule has 2 aromatic rings. The van der Waals surface area contributed by atoms with Gasteiger partial charge in [0.15, 0.2) is 5.01 Å². The van der Waals surface area contributed by atoms with Crippen LogP contribution in [0.3, 0.4) is 0 Å². The van der Waals surface area contributed by atoms with E-state index in [1.807, 2.05) is 0 Å². The maximum atomic E-state index is 12.3. The predicted molar refractivity (Wildman–Crippen MR) is 94.3 cm³/mol. The summed E-state index contributed by atoms with van der Waals surface area (Å²) in [5.41, 5.74) is -0.555. The molecule has 8 nitrogen and oxygen atoms in total. The average Bonchev–Trinajstić information content (AvgIpc) is 2.95. The molecule has 138 valence electrons. The summed E-state index contributed by atoms with van der Waals surface area (Å²) in [4.78, 5) is 23.5. The Balaban J connectivity index is 1.55. The number of hydrogen-bond acceptors (Lipinski definition) is 7. The number of aromatic nitrogens is 2. The first-order valence-corrected chi connectivity index (χ1v) is 8.77. The number of carboxylic acids is 1. The third kappa shape index (κ3) is 3.62. The van der Waals surface area contributed by atoms with Crippen molar-refractivity contribution in [2.24, 2.45) is 17.3 Å². The quantitative estimate of drug-likeness (QED) is 0.762. The third-order valence-electron chi connectivity index (χ3n) is 4.49. The summed E-state index contributed by atoms with van der Waals surface area (Å²) >= 11 is 1.19. The predicted octanol–water partition coefficient (Wildman–Crippen LogP) is 2.42. The van der Waals surface area contributed by atoms with Gasteiger partial charge in [0.2, 0.25) is 11.0 Å². The molecule has 1 aromatic heterocycles. The van der Waals surface area contributed by atoms with Gasteiger partial charge in [-0.25, -0.2) is 0 Å². The molecule has 1 heterocycles. The molecule has 2 atom stereocenters. The lowest BCUT2D eigenvalue weighted by Gasteiger charge is -2.04. The van der Waals surface area contributed by atoms with E-state index >= 15 is 0 Å². The summed E-state index contributed by atoms with van der Waals surface area (Å²) in [6, 6.07) is 7.14. The van der Waals surface area contributed by atoms with Crippen molar-refractivity contribution in [2.45, 2.75) is 20.5 Å². The Hall–Kier alpha value is -2.68. The van der Waals surface area contributed by atoms with E-state index in [0.717, 1.165) is 5.75 Å². The number of carboxylic acid groups (broad SMARTS) is 1. The lowest BCUT2D eigenvalue weighted by atomic mass is 10.1. The number of amides is 1. The van der Waals surface area contributed by atoms with Crippen LogP contribution in [0, 0.1) is 17.3 Å². The maximum Gasteiger partial charge on any atom is 0.307 e. The molecule has 1 saturated carbocycles. The number of rotatable bonds is 7. The smallest absolute Gasteiger partial charge is 0.307 e. The molecule has 3 rings (SSSR count). The van der Waals surface area contributed by atoms with E-state index in [9.17, 15) is 9.59 Å². The lowest BCUT2D eigenvalue weighted by Crippen LogP contribution is -2.17. The van der Waals surface area contributed by atoms with Crippen LogP contribution in [0.4, 0.5) is 5.13 Å². The van der Waals surface area contributed by atoms with Gasteiger partial charge in [0.25, 0.3) is 0 Å². The lowest BCUT2D eigenvalue weighted by molar-refractivity contribution is -0.140. The Morgan fingerprint density at radius 2 is 1.85 bits per heavy atom. The topological polar surface area (TPSA) is 111 Å². The van der Waals surface area contributed by atoms with E-state index in [1.165, 1.54) is 11.3 Å². The normalized spacial score (nSPS) is 20.3. The minimum atomic E-state index is -0.957. The van der Waals surface area contributed by atoms with Crippen LogP contribution >= 0.6 is 11.3 Å². The van der Waals surface area contributed by atoms with E-state index in [-0.39, 0.29) is 12.5 Å². The zero-order valence-electron chi connectivity index (χ0n) is 14.6. The van der Waals surface area contributed by atoms with Crippen LogP contribution in [0.5, 0.6) is 11.5 Å². The Labute approximate surface area is 154 Å². The summed E-state index contributed by atoms with van der Waals surface area (Å²) in [6.45, 7) is 3.75. The van der Waals surface area contributed by atoms with E-state index in [0.29, 0.717) is 15.9 Å². The van der Waals surface area contributed by atoms with Crippen LogP contribution in [0.25, 0.3) is 0 Å². The van der Waals surface area contributed by atoms with Gasteiger partial charge in [-0.05, 0) is 29.7 Å². The van der Waals surface area contributed by atoms with Crippen LogP contribution in [0.1, 0.15) is 18.9 Å². The van der Waals surface area contributed by atoms with Gasteiger partial charge < -0.3 is 19.9 Å². The fraction of sp³-hybridized carbons (Fsp3) is 0.412. The van der Waals surface area contributed by atoms with Crippen molar-refractivity contribution in [2.75, 3.05) is 12.4 Å². The molecule has 1 aliphatic carbocycles. The van der Waals surface area contributed by atoms with Gasteiger partial charge in [-0.15, -0.1) is 10.2 Å². The second-order valence-corrected chi connectivity index (χ2v) is 7.63. The number of benzene rings is 1. The molecule has 26 heavy (non-hydrogen) atoms. The number of nitrogens with zero attached hydrogens (tertiary/aromatic N) is 2. The zero-order valence-corrected chi connectivity index (χ0v) is 15.4. The van der Waals surface area contributed by atoms with E-state index in [4.69, 9.17) is 14.6 Å². The molecule has 1 aromatic carbocycles. The number of anilines is 1. The average molecular weight is 377 g/mol. The van der Waals surface area contributed by atoms with Crippen molar-refractivity contribution in [1.29, 1.82) is 0 Å². The summed E-state index contributed by atoms with van der Waals surface area (Å²) in [5.74, 6) is -1.14. The largest absolute Gasteiger partial charge is 0.497 e. The summed E-state index contributed by atoms with van der Waals surface area (Å²) in [5, 5.41) is 20.6. The molecule has 9 heteroatoms. The van der Waals surface area contributed by atoms with Crippen molar-refractivity contribution < 1.29 is 24.2 Å². The van der Waals surface area contributed by atoms with Gasteiger partial charge in [0.1, 0.15) is 18.1 Å². The van der Waals surface area contributed by atoms with E-state index < -0.39 is 23.2 Å². The maximum absolute atomic E-state index is 12.3. The first kappa shape index (κ1) is 18.1. The SMILES string of the molecule is COc1ccc(OCc2nnc(NC(=O)[C@@H]3[C@H](C(=O)O)C3(C)C)s2)cc1. The second kappa shape index (κ2) is 6.91. The number of methoxy groups -OCH3 is 1. The van der Waals surface area contributed by atoms with Crippen molar-refractivity contribution in [3.8, 4) is 11.5 Å². The molecular formula is C17H19N3O5S. The summed E-state index contributed by atoms with van der Waals surface area (Å²) in [7, 11) is 1.59. The Bertz CT molecular complexity index is 818. The third-order valence-corrected chi connectivity index (χ3v) is 5.31. The Kier molecular flexibility index (Phi) is 4.82. The monoisotopic (exact) mass is 377 g/mol. The highest BCUT2D eigenvalue weighted by molar-refractivity contribution is 7.15. The van der Waals surface area contributed by atoms with Crippen molar-refractivity contribution >= 4 is 28.3 Å². The highest BCUT2D eigenvalue weighted by Gasteiger charge is 2.66. The number of nitrogens with one attached hydrogen (secondary N) is 1. The first-order chi connectivity index (χ1) is 12.3. The fourth-order valence-corrected chi connectivity index (χ4v) is 3.61. The highest BCUT2D eigenvalue weighted by atomic mass is 32.1. The van der Waals surface area contributed by atoms with Gasteiger partial charge in [0, 0.05) is 0 Å². The van der Waals surface area contributed by atoms with E-state index in [2.05, 4.69) is 15.5 Å². The Morgan fingerprint density at radius 1 is 1.19 bits per heavy atom. The van der Waals surface area contributed by atoms with Crippen LogP contribution in [0.2, 0.25) is 0 Å². The van der Waals surface area contributed by atoms with Gasteiger partial charge in [0.05, 0.1) is 18.9 Å². The minimum absolute atomic E-state index is 0.215. The van der Waals surface area contributed by atoms with Crippen molar-refractivity contribution in [3.63, 3.8) is 0 Å². The minimum Gasteiger partial charge on any atom is -0.497 e. The molecule has 2 N–H and O–H groups in total. The van der Waals surface area contributed by atoms with Gasteiger partial charge in [-0.3, -0.25) is 9.59 Å². The standard InChI is InChI=1S/C17H19N3O5S/c1-17(2)12(13(17)15(22)23)14(21)18-16-20-19-11(26-16)8-25-10-6-4-9(24-3)5-7-10/h4-7,12-13H,8H2,1-3H3,(H,22,23)(H,18,20,21)/t12-,13+/m0/s1. The molecule has 0 radical (unpaired) electrons. The molecule has 0 bridgehead atoms. The Morgan fingerprint density at radius 3 is 2.42 bits per heavy atom. The number of ether oxygens (including phenoxy) is 2. The number of aliphatic carboxylic acids is 1. The van der Waals surface area contributed by atoms with Gasteiger partial charge in [-0.1, -0.05) is 25.2 Å². The number of carbonyl (C=O) groups is 2. The van der Waals surface area contributed by atoms with Crippen LogP contribution < -0.4 is 14.8 Å². The van der Waals surface area contributed by atoms with Gasteiger partial charge in [-0.2, -0.15) is 0 Å². The number of carbonyl (C=O) groups excluding carboxylic acids is 1. The summed E-state index contributed by atoms with van der Waals surface area (Å²) < 4.78 is 10.7. The fourth-order valence-electron chi connectivity index (χ4n) is 2.95. The molecule has 0 unspecified atom stereocenters. The first-order valence-electron chi connectivity index (χ1n) is 7.96. The molecule has 1 aliphatic rings. The zero-order chi connectivity index (χ0) is 18.9. The second-order valence-electron chi connectivity index (χ2n) is 6.57. The number of hydrogen-bond donors (Lipinski definition) is 2. The highest BCUT2D eigenvalue weighted by Crippen LogP contribution is 2.58. The van der Waals surface area contributed by atoms with Crippen molar-refractivity contribution in [1.82, 2.24) is 10.2 Å². The summed E-state index contributed by atoms with van der Waals surface area (Å²) in [6.07, 6.45) is 0. The van der Waals surface area contributed by atoms with Crippen molar-refractivity contribution in [3.05, 3.63) is 29.3 Å². The molecule has 1 fully saturated rings. The van der Waals surface area contributed by atoms with Crippen LogP contribution in [-0.4, -0.2) is 34.3 Å². The van der Waals surface area contributed by atoms with Crippen LogP contribution in [0.15, 0.2) is 24.3 Å². The molecule has 1 amide bonds.